The van der Waals surface area contributed by atoms with Crippen LogP contribution < -0.4 is 9.80 Å². The Morgan fingerprint density at radius 3 is 2.00 bits per heavy atom. The van der Waals surface area contributed by atoms with E-state index in [9.17, 15) is 0 Å². The summed E-state index contributed by atoms with van der Waals surface area (Å²) in [6.07, 6.45) is 0. The van der Waals surface area contributed by atoms with E-state index < -0.39 is 0 Å². The second kappa shape index (κ2) is 4.04. The van der Waals surface area contributed by atoms with Gasteiger partial charge in [-0.15, -0.1) is 0 Å². The van der Waals surface area contributed by atoms with E-state index in [-0.39, 0.29) is 5.41 Å². The smallest absolute Gasteiger partial charge is 0.111 e. The van der Waals surface area contributed by atoms with Crippen molar-refractivity contribution in [2.45, 2.75) is 40.0 Å². The highest BCUT2D eigenvalue weighted by molar-refractivity contribution is 5.83. The Morgan fingerprint density at radius 2 is 1.50 bits per heavy atom. The molecule has 0 bridgehead atoms. The maximum atomic E-state index is 2.32. The molecule has 0 saturated heterocycles. The molecule has 1 heterocycles. The highest BCUT2D eigenvalue weighted by Gasteiger charge is 2.28. The number of nitrogens with zero attached hydrogens (tertiary/aromatic N) is 2. The van der Waals surface area contributed by atoms with Crippen molar-refractivity contribution in [3.05, 3.63) is 35.2 Å². The van der Waals surface area contributed by atoms with Gasteiger partial charge in [-0.3, -0.25) is 0 Å². The molecule has 0 aromatic heterocycles. The molecule has 2 heteroatoms. The molecule has 98 valence electrons. The molecule has 0 unspecified atom stereocenters. The van der Waals surface area contributed by atoms with Crippen LogP contribution in [-0.2, 0) is 5.41 Å². The molecule has 0 amide bonds. The van der Waals surface area contributed by atoms with Crippen LogP contribution in [0.3, 0.4) is 0 Å². The van der Waals surface area contributed by atoms with E-state index in [1.54, 1.807) is 0 Å². The Hall–Kier alpha value is -1.44. The van der Waals surface area contributed by atoms with Crippen molar-refractivity contribution in [1.82, 2.24) is 0 Å². The van der Waals surface area contributed by atoms with E-state index in [4.69, 9.17) is 0 Å². The zero-order chi connectivity index (χ0) is 13.7. The van der Waals surface area contributed by atoms with E-state index in [0.29, 0.717) is 0 Å². The van der Waals surface area contributed by atoms with Crippen molar-refractivity contribution in [2.24, 2.45) is 0 Å². The second-order valence-electron chi connectivity index (χ2n) is 6.40. The Kier molecular flexibility index (Phi) is 2.92. The molecule has 18 heavy (non-hydrogen) atoms. The van der Waals surface area contributed by atoms with Crippen LogP contribution in [0, 0.1) is 0 Å². The lowest BCUT2D eigenvalue weighted by Crippen LogP contribution is -2.23. The first-order chi connectivity index (χ1) is 8.23. The molecule has 0 spiro atoms. The minimum Gasteiger partial charge on any atom is -0.329 e. The summed E-state index contributed by atoms with van der Waals surface area (Å²) in [6.45, 7) is 11.1. The summed E-state index contributed by atoms with van der Waals surface area (Å²) in [4.78, 5) is 4.57. The summed E-state index contributed by atoms with van der Waals surface area (Å²) >= 11 is 0. The third-order valence-electron chi connectivity index (χ3n) is 3.65. The van der Waals surface area contributed by atoms with Gasteiger partial charge in [-0.1, -0.05) is 26.8 Å². The number of benzene rings is 1. The zero-order valence-electron chi connectivity index (χ0n) is 12.6. The van der Waals surface area contributed by atoms with Crippen molar-refractivity contribution < 1.29 is 0 Å². The maximum Gasteiger partial charge on any atom is 0.111 e. The summed E-state index contributed by atoms with van der Waals surface area (Å²) in [5.74, 6) is 1.29. The lowest BCUT2D eigenvalue weighted by atomic mass is 9.86. The molecule has 1 aliphatic rings. The molecule has 2 rings (SSSR count). The van der Waals surface area contributed by atoms with Crippen LogP contribution in [0.4, 0.5) is 11.4 Å². The van der Waals surface area contributed by atoms with E-state index in [0.717, 1.165) is 0 Å². The van der Waals surface area contributed by atoms with Crippen LogP contribution in [0.2, 0.25) is 0 Å². The number of allylic oxidation sites excluding steroid dienone is 1. The summed E-state index contributed by atoms with van der Waals surface area (Å²) in [7, 11) is 4.29. The van der Waals surface area contributed by atoms with Gasteiger partial charge in [0, 0.05) is 14.1 Å². The van der Waals surface area contributed by atoms with E-state index in [1.165, 1.54) is 28.3 Å². The second-order valence-corrected chi connectivity index (χ2v) is 6.40. The largest absolute Gasteiger partial charge is 0.329 e. The van der Waals surface area contributed by atoms with Gasteiger partial charge in [0.1, 0.15) is 5.82 Å². The van der Waals surface area contributed by atoms with Gasteiger partial charge >= 0.3 is 0 Å². The first-order valence-electron chi connectivity index (χ1n) is 6.53. The molecule has 0 fully saturated rings. The molecule has 0 N–H and O–H groups in total. The average molecular weight is 244 g/mol. The zero-order valence-corrected chi connectivity index (χ0v) is 12.6. The van der Waals surface area contributed by atoms with Gasteiger partial charge < -0.3 is 9.80 Å². The topological polar surface area (TPSA) is 6.48 Å². The minimum atomic E-state index is 0.197. The fourth-order valence-electron chi connectivity index (χ4n) is 2.67. The standard InChI is InChI=1S/C16H24N2/c1-11(2)15-17(6)13-9-8-12(16(3,4)5)10-14(13)18(15)7/h8-10H,1-7H3. The lowest BCUT2D eigenvalue weighted by Gasteiger charge is -2.21. The van der Waals surface area contributed by atoms with E-state index in [1.807, 2.05) is 0 Å². The maximum absolute atomic E-state index is 2.32. The predicted octanol–water partition coefficient (Wildman–Crippen LogP) is 4.12. The number of hydrogen-bond acceptors (Lipinski definition) is 2. The summed E-state index contributed by atoms with van der Waals surface area (Å²) in [5, 5.41) is 0. The first-order valence-corrected chi connectivity index (χ1v) is 6.53. The molecular weight excluding hydrogens is 220 g/mol. The van der Waals surface area contributed by atoms with E-state index >= 15 is 0 Å². The van der Waals surface area contributed by atoms with Gasteiger partial charge in [-0.2, -0.15) is 0 Å². The first kappa shape index (κ1) is 13.0. The molecule has 2 nitrogen and oxygen atoms in total. The Morgan fingerprint density at radius 1 is 0.944 bits per heavy atom. The predicted molar refractivity (Wildman–Crippen MR) is 80.3 cm³/mol. The highest BCUT2D eigenvalue weighted by Crippen LogP contribution is 2.42. The van der Waals surface area contributed by atoms with Crippen LogP contribution in [0.5, 0.6) is 0 Å². The van der Waals surface area contributed by atoms with Crippen LogP contribution in [0.1, 0.15) is 40.2 Å². The molecule has 0 atom stereocenters. The summed E-state index contributed by atoms with van der Waals surface area (Å²) < 4.78 is 0. The van der Waals surface area contributed by atoms with Crippen molar-refractivity contribution in [3.8, 4) is 0 Å². The Balaban J connectivity index is 2.57. The van der Waals surface area contributed by atoms with Gasteiger partial charge in [0.15, 0.2) is 0 Å². The van der Waals surface area contributed by atoms with Gasteiger partial charge in [0.05, 0.1) is 11.4 Å². The van der Waals surface area contributed by atoms with Gasteiger partial charge in [-0.05, 0) is 42.5 Å². The summed E-state index contributed by atoms with van der Waals surface area (Å²) in [6, 6.07) is 6.81. The monoisotopic (exact) mass is 244 g/mol. The third-order valence-corrected chi connectivity index (χ3v) is 3.65. The van der Waals surface area contributed by atoms with Crippen LogP contribution in [0.15, 0.2) is 29.6 Å². The molecule has 1 aromatic rings. The molecule has 1 aliphatic heterocycles. The lowest BCUT2D eigenvalue weighted by molar-refractivity contribution is 0.590. The molecular formula is C16H24N2. The highest BCUT2D eigenvalue weighted by atomic mass is 15.4. The normalized spacial score (nSPS) is 15.2. The van der Waals surface area contributed by atoms with Crippen molar-refractivity contribution in [2.75, 3.05) is 23.9 Å². The fourth-order valence-corrected chi connectivity index (χ4v) is 2.67. The van der Waals surface area contributed by atoms with Crippen LogP contribution in [0.25, 0.3) is 0 Å². The average Bonchev–Trinajstić information content (AvgIpc) is 2.50. The molecule has 1 aromatic carbocycles. The minimum absolute atomic E-state index is 0.197. The number of fused-ring (bicyclic) bond motifs is 1. The number of hydrogen-bond donors (Lipinski definition) is 0. The third kappa shape index (κ3) is 1.90. The quantitative estimate of drug-likeness (QED) is 0.677. The van der Waals surface area contributed by atoms with Crippen molar-refractivity contribution in [1.29, 1.82) is 0 Å². The van der Waals surface area contributed by atoms with E-state index in [2.05, 4.69) is 76.7 Å². The SMILES string of the molecule is CC(C)=C1N(C)c2ccc(C(C)(C)C)cc2N1C. The molecule has 0 saturated carbocycles. The number of anilines is 2. The molecule has 0 radical (unpaired) electrons. The molecule has 0 aliphatic carbocycles. The van der Waals surface area contributed by atoms with Gasteiger partial charge in [0.2, 0.25) is 0 Å². The van der Waals surface area contributed by atoms with Crippen LogP contribution >= 0.6 is 0 Å². The Labute approximate surface area is 111 Å². The number of rotatable bonds is 0. The fraction of sp³-hybridized carbons (Fsp3) is 0.500. The van der Waals surface area contributed by atoms with Crippen LogP contribution in [-0.4, -0.2) is 14.1 Å². The van der Waals surface area contributed by atoms with Gasteiger partial charge in [-0.25, -0.2) is 0 Å². The van der Waals surface area contributed by atoms with Crippen molar-refractivity contribution >= 4 is 11.4 Å². The Bertz CT molecular complexity index is 502. The van der Waals surface area contributed by atoms with Gasteiger partial charge in [0.25, 0.3) is 0 Å². The van der Waals surface area contributed by atoms with Crippen molar-refractivity contribution in [3.63, 3.8) is 0 Å². The summed E-state index contributed by atoms with van der Waals surface area (Å²) in [5.41, 5.74) is 5.52.